The fourth-order valence-corrected chi connectivity index (χ4v) is 2.95. The zero-order valence-electron chi connectivity index (χ0n) is 15.6. The van der Waals surface area contributed by atoms with Crippen molar-refractivity contribution < 1.29 is 19.1 Å². The Morgan fingerprint density at radius 1 is 1.08 bits per heavy atom. The average molecular weight is 340 g/mol. The predicted molar refractivity (Wildman–Crippen MR) is 92.2 cm³/mol. The van der Waals surface area contributed by atoms with Gasteiger partial charge >= 0.3 is 12.0 Å². The molecule has 1 rings (SSSR count). The summed E-state index contributed by atoms with van der Waals surface area (Å²) >= 11 is 0. The molecule has 1 aliphatic rings. The maximum absolute atomic E-state index is 12.1. The smallest absolute Gasteiger partial charge is 0.321 e. The molecule has 1 saturated carbocycles. The summed E-state index contributed by atoms with van der Waals surface area (Å²) in [7, 11) is 0. The summed E-state index contributed by atoms with van der Waals surface area (Å²) in [5, 5.41) is 4.73. The number of amides is 3. The van der Waals surface area contributed by atoms with Crippen LogP contribution in [0.2, 0.25) is 0 Å². The zero-order valence-corrected chi connectivity index (χ0v) is 15.6. The fraction of sp³-hybridized carbons (Fsp3) is 0.833. The Morgan fingerprint density at radius 3 is 2.17 bits per heavy atom. The zero-order chi connectivity index (χ0) is 18.3. The molecule has 0 atom stereocenters. The number of hydrogen-bond donors (Lipinski definition) is 2. The summed E-state index contributed by atoms with van der Waals surface area (Å²) in [4.78, 5) is 35.1. The van der Waals surface area contributed by atoms with Crippen molar-refractivity contribution in [3.63, 3.8) is 0 Å². The van der Waals surface area contributed by atoms with Gasteiger partial charge in [0.15, 0.2) is 6.61 Å². The minimum atomic E-state index is -0.604. The molecule has 2 N–H and O–H groups in total. The number of nitrogens with one attached hydrogen (secondary N) is 2. The van der Waals surface area contributed by atoms with Gasteiger partial charge in [-0.1, -0.05) is 34.6 Å². The SMILES string of the molecule is CC(C)CNC(=O)NC(=O)COC(=O)C1CCC(C(C)(C)C)CC1. The van der Waals surface area contributed by atoms with Gasteiger partial charge in [-0.2, -0.15) is 0 Å². The van der Waals surface area contributed by atoms with Crippen LogP contribution in [0, 0.1) is 23.2 Å². The molecule has 0 heterocycles. The fourth-order valence-electron chi connectivity index (χ4n) is 2.95. The van der Waals surface area contributed by atoms with Crippen molar-refractivity contribution in [3.8, 4) is 0 Å². The van der Waals surface area contributed by atoms with Crippen LogP contribution in [-0.2, 0) is 14.3 Å². The molecule has 0 aromatic heterocycles. The maximum atomic E-state index is 12.1. The second-order valence-electron chi connectivity index (χ2n) is 8.17. The van der Waals surface area contributed by atoms with Crippen molar-refractivity contribution in [2.24, 2.45) is 23.2 Å². The lowest BCUT2D eigenvalue weighted by molar-refractivity contribution is -0.153. The molecule has 24 heavy (non-hydrogen) atoms. The average Bonchev–Trinajstić information content (AvgIpc) is 2.50. The van der Waals surface area contributed by atoms with Crippen LogP contribution in [0.25, 0.3) is 0 Å². The predicted octanol–water partition coefficient (Wildman–Crippen LogP) is 2.86. The molecule has 0 unspecified atom stereocenters. The van der Waals surface area contributed by atoms with Crippen LogP contribution < -0.4 is 10.6 Å². The topological polar surface area (TPSA) is 84.5 Å². The highest BCUT2D eigenvalue weighted by molar-refractivity contribution is 5.95. The lowest BCUT2D eigenvalue weighted by Crippen LogP contribution is -2.42. The Kier molecular flexibility index (Phi) is 7.70. The van der Waals surface area contributed by atoms with Gasteiger partial charge in [0.25, 0.3) is 5.91 Å². The maximum Gasteiger partial charge on any atom is 0.321 e. The van der Waals surface area contributed by atoms with Gasteiger partial charge in [0, 0.05) is 6.54 Å². The van der Waals surface area contributed by atoms with Crippen LogP contribution in [0.1, 0.15) is 60.3 Å². The van der Waals surface area contributed by atoms with Crippen LogP contribution in [0.15, 0.2) is 0 Å². The van der Waals surface area contributed by atoms with E-state index in [1.807, 2.05) is 13.8 Å². The first kappa shape index (κ1) is 20.5. The molecule has 1 aliphatic carbocycles. The van der Waals surface area contributed by atoms with E-state index in [9.17, 15) is 14.4 Å². The molecule has 0 aromatic carbocycles. The summed E-state index contributed by atoms with van der Waals surface area (Å²) in [5.74, 6) is -0.152. The molecule has 0 radical (unpaired) electrons. The van der Waals surface area contributed by atoms with E-state index in [0.29, 0.717) is 18.4 Å². The van der Waals surface area contributed by atoms with E-state index in [1.54, 1.807) is 0 Å². The molecule has 0 aromatic rings. The van der Waals surface area contributed by atoms with E-state index >= 15 is 0 Å². The second kappa shape index (κ2) is 9.04. The number of ether oxygens (including phenoxy) is 1. The van der Waals surface area contributed by atoms with E-state index in [1.165, 1.54) is 0 Å². The van der Waals surface area contributed by atoms with Crippen LogP contribution in [-0.4, -0.2) is 31.1 Å². The molecule has 3 amide bonds. The van der Waals surface area contributed by atoms with Crippen molar-refractivity contribution >= 4 is 17.9 Å². The molecule has 6 heteroatoms. The third-order valence-corrected chi connectivity index (χ3v) is 4.55. The van der Waals surface area contributed by atoms with Gasteiger partial charge < -0.3 is 10.1 Å². The normalized spacial score (nSPS) is 21.2. The van der Waals surface area contributed by atoms with Gasteiger partial charge in [0.2, 0.25) is 0 Å². The van der Waals surface area contributed by atoms with Crippen molar-refractivity contribution in [2.45, 2.75) is 60.3 Å². The molecule has 0 saturated heterocycles. The quantitative estimate of drug-likeness (QED) is 0.754. The molecule has 1 fully saturated rings. The molecule has 0 bridgehead atoms. The molecule has 138 valence electrons. The van der Waals surface area contributed by atoms with Gasteiger partial charge in [-0.05, 0) is 42.9 Å². The van der Waals surface area contributed by atoms with Crippen molar-refractivity contribution in [2.75, 3.05) is 13.2 Å². The van der Waals surface area contributed by atoms with Gasteiger partial charge in [0.1, 0.15) is 0 Å². The van der Waals surface area contributed by atoms with Gasteiger partial charge in [-0.25, -0.2) is 4.79 Å². The van der Waals surface area contributed by atoms with E-state index in [-0.39, 0.29) is 17.3 Å². The summed E-state index contributed by atoms with van der Waals surface area (Å²) in [6.45, 7) is 10.7. The van der Waals surface area contributed by atoms with E-state index in [2.05, 4.69) is 31.4 Å². The summed E-state index contributed by atoms with van der Waals surface area (Å²) in [6.07, 6.45) is 3.62. The van der Waals surface area contributed by atoms with Crippen molar-refractivity contribution in [3.05, 3.63) is 0 Å². The first-order chi connectivity index (χ1) is 11.1. The summed E-state index contributed by atoms with van der Waals surface area (Å²) in [6, 6.07) is -0.560. The minimum absolute atomic E-state index is 0.133. The third-order valence-electron chi connectivity index (χ3n) is 4.55. The van der Waals surface area contributed by atoms with Crippen molar-refractivity contribution in [1.29, 1.82) is 0 Å². The van der Waals surface area contributed by atoms with E-state index in [0.717, 1.165) is 25.7 Å². The van der Waals surface area contributed by atoms with E-state index < -0.39 is 18.5 Å². The van der Waals surface area contributed by atoms with Gasteiger partial charge in [-0.15, -0.1) is 0 Å². The lowest BCUT2D eigenvalue weighted by Gasteiger charge is -2.36. The van der Waals surface area contributed by atoms with Crippen molar-refractivity contribution in [1.82, 2.24) is 10.6 Å². The van der Waals surface area contributed by atoms with Crippen LogP contribution in [0.4, 0.5) is 4.79 Å². The second-order valence-corrected chi connectivity index (χ2v) is 8.17. The highest BCUT2D eigenvalue weighted by Crippen LogP contribution is 2.40. The van der Waals surface area contributed by atoms with E-state index in [4.69, 9.17) is 4.74 Å². The molecule has 0 aliphatic heterocycles. The van der Waals surface area contributed by atoms with Crippen LogP contribution in [0.5, 0.6) is 0 Å². The number of carbonyl (C=O) groups is 3. The summed E-state index contributed by atoms with van der Waals surface area (Å²) in [5.41, 5.74) is 0.262. The number of imide groups is 1. The third kappa shape index (κ3) is 7.32. The first-order valence-corrected chi connectivity index (χ1v) is 8.84. The largest absolute Gasteiger partial charge is 0.455 e. The minimum Gasteiger partial charge on any atom is -0.455 e. The number of hydrogen-bond acceptors (Lipinski definition) is 4. The Bertz CT molecular complexity index is 446. The highest BCUT2D eigenvalue weighted by atomic mass is 16.5. The van der Waals surface area contributed by atoms with Gasteiger partial charge in [-0.3, -0.25) is 14.9 Å². The number of carbonyl (C=O) groups excluding carboxylic acids is 3. The number of urea groups is 1. The summed E-state index contributed by atoms with van der Waals surface area (Å²) < 4.78 is 5.06. The lowest BCUT2D eigenvalue weighted by atomic mass is 9.70. The monoisotopic (exact) mass is 340 g/mol. The first-order valence-electron chi connectivity index (χ1n) is 8.84. The standard InChI is InChI=1S/C18H32N2O4/c1-12(2)10-19-17(23)20-15(21)11-24-16(22)13-6-8-14(9-7-13)18(3,4)5/h12-14H,6-11H2,1-5H3,(H2,19,20,21,23). The number of esters is 1. The Balaban J connectivity index is 2.26. The molecular weight excluding hydrogens is 308 g/mol. The Hall–Kier alpha value is -1.59. The number of rotatable bonds is 5. The Morgan fingerprint density at radius 2 is 1.67 bits per heavy atom. The van der Waals surface area contributed by atoms with Crippen LogP contribution in [0.3, 0.4) is 0 Å². The Labute approximate surface area is 145 Å². The molecule has 6 nitrogen and oxygen atoms in total. The van der Waals surface area contributed by atoms with Gasteiger partial charge in [0.05, 0.1) is 5.92 Å². The molecule has 0 spiro atoms. The molecular formula is C18H32N2O4. The highest BCUT2D eigenvalue weighted by Gasteiger charge is 2.33. The van der Waals surface area contributed by atoms with Crippen LogP contribution >= 0.6 is 0 Å².